The van der Waals surface area contributed by atoms with Crippen LogP contribution in [-0.4, -0.2) is 76.4 Å². The fourth-order valence-electron chi connectivity index (χ4n) is 3.16. The van der Waals surface area contributed by atoms with Crippen LogP contribution in [0.3, 0.4) is 0 Å². The smallest absolute Gasteiger partial charge is 0.191 e. The van der Waals surface area contributed by atoms with Crippen LogP contribution in [0.5, 0.6) is 0 Å². The Hall–Kier alpha value is -2.38. The van der Waals surface area contributed by atoms with Crippen molar-refractivity contribution < 1.29 is 4.74 Å². The van der Waals surface area contributed by atoms with Gasteiger partial charge in [0.2, 0.25) is 0 Å². The van der Waals surface area contributed by atoms with Crippen molar-refractivity contribution in [1.82, 2.24) is 20.5 Å². The van der Waals surface area contributed by atoms with Crippen LogP contribution in [0.2, 0.25) is 0 Å². The van der Waals surface area contributed by atoms with Crippen LogP contribution in [0, 0.1) is 0 Å². The van der Waals surface area contributed by atoms with E-state index in [1.54, 1.807) is 7.05 Å². The number of fused-ring (bicyclic) bond motifs is 1. The molecule has 1 saturated heterocycles. The second-order valence-electron chi connectivity index (χ2n) is 6.86. The number of pyridine rings is 1. The van der Waals surface area contributed by atoms with Crippen molar-refractivity contribution in [3.63, 3.8) is 0 Å². The lowest BCUT2D eigenvalue weighted by Gasteiger charge is -2.26. The van der Waals surface area contributed by atoms with E-state index in [0.717, 1.165) is 56.7 Å². The Morgan fingerprint density at radius 3 is 2.74 bits per heavy atom. The maximum atomic E-state index is 5.39. The first-order valence-electron chi connectivity index (χ1n) is 9.48. The van der Waals surface area contributed by atoms with E-state index in [-0.39, 0.29) is 0 Å². The molecule has 7 nitrogen and oxygen atoms in total. The lowest BCUT2D eigenvalue weighted by molar-refractivity contribution is 0.0389. The Kier molecular flexibility index (Phi) is 6.84. The summed E-state index contributed by atoms with van der Waals surface area (Å²) in [5.74, 6) is 1.77. The normalized spacial score (nSPS) is 15.7. The third kappa shape index (κ3) is 5.30. The highest BCUT2D eigenvalue weighted by Crippen LogP contribution is 2.21. The van der Waals surface area contributed by atoms with E-state index in [2.05, 4.69) is 44.8 Å². The van der Waals surface area contributed by atoms with E-state index < -0.39 is 0 Å². The first-order valence-corrected chi connectivity index (χ1v) is 9.48. The number of nitrogens with zero attached hydrogens (tertiary/aromatic N) is 4. The molecular weight excluding hydrogens is 340 g/mol. The number of ether oxygens (including phenoxy) is 1. The fourth-order valence-corrected chi connectivity index (χ4v) is 3.16. The Bertz CT molecular complexity index is 770. The number of anilines is 1. The third-order valence-corrected chi connectivity index (χ3v) is 4.74. The number of rotatable bonds is 6. The molecule has 1 aromatic heterocycles. The second-order valence-corrected chi connectivity index (χ2v) is 6.86. The van der Waals surface area contributed by atoms with Gasteiger partial charge in [0, 0.05) is 59.3 Å². The molecule has 0 aliphatic carbocycles. The molecule has 2 heterocycles. The quantitative estimate of drug-likeness (QED) is 0.590. The van der Waals surface area contributed by atoms with Crippen LogP contribution in [-0.2, 0) is 11.3 Å². The molecule has 1 fully saturated rings. The molecule has 0 bridgehead atoms. The number of aromatic nitrogens is 1. The van der Waals surface area contributed by atoms with Crippen LogP contribution in [0.25, 0.3) is 10.9 Å². The van der Waals surface area contributed by atoms with Crippen molar-refractivity contribution in [2.24, 2.45) is 4.99 Å². The molecule has 0 atom stereocenters. The van der Waals surface area contributed by atoms with Crippen LogP contribution < -0.4 is 15.5 Å². The minimum atomic E-state index is 0.696. The van der Waals surface area contributed by atoms with Gasteiger partial charge in [0.15, 0.2) is 5.96 Å². The Labute approximate surface area is 161 Å². The molecule has 0 amide bonds. The summed E-state index contributed by atoms with van der Waals surface area (Å²) in [6.45, 7) is 6.22. The number of nitrogens with one attached hydrogen (secondary N) is 2. The maximum absolute atomic E-state index is 5.39. The minimum absolute atomic E-state index is 0.696. The van der Waals surface area contributed by atoms with E-state index in [0.29, 0.717) is 6.54 Å². The van der Waals surface area contributed by atoms with E-state index in [1.165, 1.54) is 10.9 Å². The first-order chi connectivity index (χ1) is 13.2. The van der Waals surface area contributed by atoms with E-state index >= 15 is 0 Å². The molecule has 0 saturated carbocycles. The molecule has 0 spiro atoms. The topological polar surface area (TPSA) is 65.0 Å². The predicted octanol–water partition coefficient (Wildman–Crippen LogP) is 1.30. The lowest BCUT2D eigenvalue weighted by Crippen LogP contribution is -2.44. The first kappa shape index (κ1) is 19.4. The highest BCUT2D eigenvalue weighted by atomic mass is 16.5. The minimum Gasteiger partial charge on any atom is -0.379 e. The fraction of sp³-hybridized carbons (Fsp3) is 0.500. The van der Waals surface area contributed by atoms with Gasteiger partial charge in [-0.3, -0.25) is 9.89 Å². The summed E-state index contributed by atoms with van der Waals surface area (Å²) >= 11 is 0. The zero-order valence-corrected chi connectivity index (χ0v) is 16.5. The zero-order chi connectivity index (χ0) is 19.1. The molecule has 0 unspecified atom stereocenters. The monoisotopic (exact) mass is 370 g/mol. The van der Waals surface area contributed by atoms with Crippen molar-refractivity contribution in [2.75, 3.05) is 65.4 Å². The molecule has 146 valence electrons. The van der Waals surface area contributed by atoms with Gasteiger partial charge in [-0.2, -0.15) is 0 Å². The van der Waals surface area contributed by atoms with E-state index in [1.807, 2.05) is 25.1 Å². The van der Waals surface area contributed by atoms with Gasteiger partial charge in [0.05, 0.1) is 18.7 Å². The average molecular weight is 371 g/mol. The maximum Gasteiger partial charge on any atom is 0.191 e. The number of hydrogen-bond donors (Lipinski definition) is 2. The van der Waals surface area contributed by atoms with Gasteiger partial charge in [-0.15, -0.1) is 0 Å². The average Bonchev–Trinajstić information content (AvgIpc) is 2.70. The van der Waals surface area contributed by atoms with Crippen molar-refractivity contribution in [3.8, 4) is 0 Å². The Morgan fingerprint density at radius 1 is 1.22 bits per heavy atom. The summed E-state index contributed by atoms with van der Waals surface area (Å²) in [6, 6.07) is 10.4. The van der Waals surface area contributed by atoms with Crippen molar-refractivity contribution in [3.05, 3.63) is 35.9 Å². The molecule has 7 heteroatoms. The van der Waals surface area contributed by atoms with Crippen molar-refractivity contribution in [1.29, 1.82) is 0 Å². The number of benzene rings is 1. The van der Waals surface area contributed by atoms with Crippen LogP contribution in [0.15, 0.2) is 35.3 Å². The van der Waals surface area contributed by atoms with Gasteiger partial charge in [0.25, 0.3) is 0 Å². The number of guanidine groups is 1. The van der Waals surface area contributed by atoms with Gasteiger partial charge < -0.3 is 20.3 Å². The van der Waals surface area contributed by atoms with Gasteiger partial charge in [-0.25, -0.2) is 4.98 Å². The largest absolute Gasteiger partial charge is 0.379 e. The second kappa shape index (κ2) is 9.53. The summed E-state index contributed by atoms with van der Waals surface area (Å²) in [7, 11) is 5.83. The van der Waals surface area contributed by atoms with Crippen molar-refractivity contribution in [2.45, 2.75) is 6.54 Å². The van der Waals surface area contributed by atoms with E-state index in [4.69, 9.17) is 9.72 Å². The summed E-state index contributed by atoms with van der Waals surface area (Å²) in [6.07, 6.45) is 0. The lowest BCUT2D eigenvalue weighted by atomic mass is 10.1. The molecule has 27 heavy (non-hydrogen) atoms. The number of aliphatic imine (C=N–C) groups is 1. The van der Waals surface area contributed by atoms with Crippen LogP contribution in [0.1, 0.15) is 5.56 Å². The van der Waals surface area contributed by atoms with Crippen LogP contribution in [0.4, 0.5) is 5.82 Å². The predicted molar refractivity (Wildman–Crippen MR) is 112 cm³/mol. The summed E-state index contributed by atoms with van der Waals surface area (Å²) in [5.41, 5.74) is 2.22. The van der Waals surface area contributed by atoms with Crippen LogP contribution >= 0.6 is 0 Å². The SMILES string of the molecule is CN=C(NCCN1CCOCC1)NCc1cc(N(C)C)nc2ccccc12. The molecule has 2 aromatic rings. The molecule has 1 aromatic carbocycles. The van der Waals surface area contributed by atoms with Gasteiger partial charge in [-0.1, -0.05) is 18.2 Å². The van der Waals surface area contributed by atoms with Gasteiger partial charge in [-0.05, 0) is 17.7 Å². The molecule has 1 aliphatic heterocycles. The Balaban J connectivity index is 1.60. The highest BCUT2D eigenvalue weighted by Gasteiger charge is 2.10. The molecule has 3 rings (SSSR count). The molecule has 1 aliphatic rings. The molecule has 2 N–H and O–H groups in total. The number of para-hydroxylation sites is 1. The zero-order valence-electron chi connectivity index (χ0n) is 16.5. The van der Waals surface area contributed by atoms with Gasteiger partial charge >= 0.3 is 0 Å². The summed E-state index contributed by atoms with van der Waals surface area (Å²) < 4.78 is 5.39. The van der Waals surface area contributed by atoms with Crippen molar-refractivity contribution >= 4 is 22.7 Å². The molecule has 0 radical (unpaired) electrons. The third-order valence-electron chi connectivity index (χ3n) is 4.74. The Morgan fingerprint density at radius 2 is 2.00 bits per heavy atom. The standard InChI is InChI=1S/C20H30N6O/c1-21-20(22-8-9-26-10-12-27-13-11-26)23-15-16-14-19(25(2)3)24-18-7-5-4-6-17(16)18/h4-7,14H,8-13,15H2,1-3H3,(H2,21,22,23). The van der Waals surface area contributed by atoms with E-state index in [9.17, 15) is 0 Å². The van der Waals surface area contributed by atoms with Gasteiger partial charge in [0.1, 0.15) is 5.82 Å². The summed E-state index contributed by atoms with van der Waals surface area (Å²) in [5, 5.41) is 8.00. The number of hydrogen-bond acceptors (Lipinski definition) is 5. The number of morpholine rings is 1. The molecular formula is C20H30N6O. The summed E-state index contributed by atoms with van der Waals surface area (Å²) in [4.78, 5) is 13.5. The highest BCUT2D eigenvalue weighted by molar-refractivity contribution is 5.85.